The third-order valence-electron chi connectivity index (χ3n) is 2.16. The van der Waals surface area contributed by atoms with Gasteiger partial charge in [0.25, 0.3) is 11.8 Å². The first-order valence-corrected chi connectivity index (χ1v) is 6.36. The van der Waals surface area contributed by atoms with Gasteiger partial charge in [0, 0.05) is 12.8 Å². The van der Waals surface area contributed by atoms with Crippen LogP contribution in [0.5, 0.6) is 0 Å². The molecule has 118 valence electrons. The van der Waals surface area contributed by atoms with Crippen LogP contribution in [0.3, 0.4) is 0 Å². The van der Waals surface area contributed by atoms with Crippen molar-refractivity contribution in [3.63, 3.8) is 0 Å². The van der Waals surface area contributed by atoms with E-state index in [1.807, 2.05) is 0 Å². The highest BCUT2D eigenvalue weighted by molar-refractivity contribution is 6.01. The summed E-state index contributed by atoms with van der Waals surface area (Å²) in [7, 11) is 0. The van der Waals surface area contributed by atoms with E-state index >= 15 is 0 Å². The minimum Gasteiger partial charge on any atom is -0.444 e. The van der Waals surface area contributed by atoms with Gasteiger partial charge in [0.2, 0.25) is 0 Å². The molecule has 0 atom stereocenters. The highest BCUT2D eigenvalue weighted by Gasteiger charge is 2.33. The molecule has 1 heterocycles. The number of nitrogens with zero attached hydrogens (tertiary/aromatic N) is 1. The predicted molar refractivity (Wildman–Crippen MR) is 67.8 cm³/mol. The fourth-order valence-corrected chi connectivity index (χ4v) is 1.36. The Labute approximate surface area is 121 Å². The van der Waals surface area contributed by atoms with Gasteiger partial charge in [-0.15, -0.1) is 0 Å². The second-order valence-corrected chi connectivity index (χ2v) is 5.20. The minimum atomic E-state index is -1.19. The molecule has 1 aliphatic rings. The summed E-state index contributed by atoms with van der Waals surface area (Å²) in [5.74, 6) is -1.19. The van der Waals surface area contributed by atoms with Crippen LogP contribution < -0.4 is 5.32 Å². The fraction of sp³-hybridized carbons (Fsp3) is 0.667. The summed E-state index contributed by atoms with van der Waals surface area (Å²) in [5, 5.41) is 2.74. The number of hydrogen-bond acceptors (Lipinski definition) is 7. The standard InChI is InChI=1S/C12H18N2O7/c1-12(2,3)20-10(17)13-6-7-19-11(18)21-14-8(15)4-5-9(14)16/h4-7H2,1-3H3,(H,13,17). The quantitative estimate of drug-likeness (QED) is 0.463. The van der Waals surface area contributed by atoms with Gasteiger partial charge in [0.05, 0.1) is 6.54 Å². The van der Waals surface area contributed by atoms with Gasteiger partial charge in [-0.05, 0) is 20.8 Å². The second kappa shape index (κ2) is 6.91. The maximum absolute atomic E-state index is 11.3. The van der Waals surface area contributed by atoms with E-state index in [0.717, 1.165) is 0 Å². The molecule has 0 aromatic carbocycles. The van der Waals surface area contributed by atoms with Crippen molar-refractivity contribution in [1.82, 2.24) is 10.4 Å². The van der Waals surface area contributed by atoms with Gasteiger partial charge in [-0.2, -0.15) is 0 Å². The number of imide groups is 1. The molecule has 0 saturated carbocycles. The number of carbonyl (C=O) groups excluding carboxylic acids is 4. The predicted octanol–water partition coefficient (Wildman–Crippen LogP) is 0.728. The molecular weight excluding hydrogens is 284 g/mol. The summed E-state index contributed by atoms with van der Waals surface area (Å²) >= 11 is 0. The Balaban J connectivity index is 2.18. The lowest BCUT2D eigenvalue weighted by Crippen LogP contribution is -2.35. The first kappa shape index (κ1) is 16.7. The van der Waals surface area contributed by atoms with E-state index in [9.17, 15) is 19.2 Å². The molecule has 0 aliphatic carbocycles. The van der Waals surface area contributed by atoms with Gasteiger partial charge in [-0.1, -0.05) is 5.06 Å². The van der Waals surface area contributed by atoms with E-state index in [2.05, 4.69) is 14.9 Å². The highest BCUT2D eigenvalue weighted by Crippen LogP contribution is 2.12. The third-order valence-corrected chi connectivity index (χ3v) is 2.16. The lowest BCUT2D eigenvalue weighted by Gasteiger charge is -2.19. The van der Waals surface area contributed by atoms with Crippen molar-refractivity contribution < 1.29 is 33.5 Å². The molecule has 0 aromatic heterocycles. The maximum Gasteiger partial charge on any atom is 0.534 e. The van der Waals surface area contributed by atoms with Crippen molar-refractivity contribution in [2.24, 2.45) is 0 Å². The van der Waals surface area contributed by atoms with Gasteiger partial charge in [-0.25, -0.2) is 9.59 Å². The Hall–Kier alpha value is -2.32. The SMILES string of the molecule is CC(C)(C)OC(=O)NCCOC(=O)ON1C(=O)CCC1=O. The summed E-state index contributed by atoms with van der Waals surface area (Å²) in [5.41, 5.74) is -0.625. The van der Waals surface area contributed by atoms with Crippen LogP contribution in [0.15, 0.2) is 0 Å². The van der Waals surface area contributed by atoms with Gasteiger partial charge >= 0.3 is 12.2 Å². The highest BCUT2D eigenvalue weighted by atomic mass is 16.8. The molecule has 1 N–H and O–H groups in total. The van der Waals surface area contributed by atoms with Crippen LogP contribution >= 0.6 is 0 Å². The zero-order chi connectivity index (χ0) is 16.0. The number of hydrogen-bond donors (Lipinski definition) is 1. The average molecular weight is 302 g/mol. The number of amides is 3. The molecule has 9 heteroatoms. The van der Waals surface area contributed by atoms with Crippen LogP contribution in [0.2, 0.25) is 0 Å². The summed E-state index contributed by atoms with van der Waals surface area (Å²) in [6, 6.07) is 0. The molecule has 1 aliphatic heterocycles. The Morgan fingerprint density at radius 1 is 1.19 bits per heavy atom. The van der Waals surface area contributed by atoms with E-state index in [1.165, 1.54) is 0 Å². The third kappa shape index (κ3) is 6.11. The molecule has 21 heavy (non-hydrogen) atoms. The van der Waals surface area contributed by atoms with Crippen molar-refractivity contribution in [3.05, 3.63) is 0 Å². The number of rotatable bonds is 4. The van der Waals surface area contributed by atoms with Crippen LogP contribution in [-0.4, -0.2) is 47.9 Å². The van der Waals surface area contributed by atoms with Crippen LogP contribution in [0, 0.1) is 0 Å². The molecule has 3 amide bonds. The first-order valence-electron chi connectivity index (χ1n) is 6.36. The molecule has 1 fully saturated rings. The van der Waals surface area contributed by atoms with Crippen LogP contribution in [-0.2, 0) is 23.9 Å². The molecule has 1 rings (SSSR count). The van der Waals surface area contributed by atoms with E-state index in [-0.39, 0.29) is 26.0 Å². The Kier molecular flexibility index (Phi) is 5.51. The number of alkyl carbamates (subject to hydrolysis) is 1. The largest absolute Gasteiger partial charge is 0.534 e. The average Bonchev–Trinajstić information content (AvgIpc) is 2.64. The summed E-state index contributed by atoms with van der Waals surface area (Å²) < 4.78 is 9.56. The minimum absolute atomic E-state index is 0.00586. The zero-order valence-corrected chi connectivity index (χ0v) is 12.1. The Bertz CT molecular complexity index is 425. The van der Waals surface area contributed by atoms with E-state index < -0.39 is 29.7 Å². The number of hydroxylamine groups is 2. The van der Waals surface area contributed by atoms with Crippen LogP contribution in [0.1, 0.15) is 33.6 Å². The van der Waals surface area contributed by atoms with E-state index in [4.69, 9.17) is 4.74 Å². The molecule has 0 aromatic rings. The molecule has 0 unspecified atom stereocenters. The number of carbonyl (C=O) groups is 4. The first-order chi connectivity index (χ1) is 9.69. The maximum atomic E-state index is 11.3. The van der Waals surface area contributed by atoms with Crippen molar-refractivity contribution in [1.29, 1.82) is 0 Å². The number of nitrogens with one attached hydrogen (secondary N) is 1. The monoisotopic (exact) mass is 302 g/mol. The lowest BCUT2D eigenvalue weighted by molar-refractivity contribution is -0.177. The topological polar surface area (TPSA) is 111 Å². The van der Waals surface area contributed by atoms with Crippen molar-refractivity contribution >= 4 is 24.1 Å². The fourth-order valence-electron chi connectivity index (χ4n) is 1.36. The van der Waals surface area contributed by atoms with Gasteiger partial charge < -0.3 is 14.8 Å². The van der Waals surface area contributed by atoms with Crippen molar-refractivity contribution in [2.45, 2.75) is 39.2 Å². The molecule has 0 spiro atoms. The van der Waals surface area contributed by atoms with E-state index in [0.29, 0.717) is 5.06 Å². The van der Waals surface area contributed by atoms with Crippen molar-refractivity contribution in [2.75, 3.05) is 13.2 Å². The van der Waals surface area contributed by atoms with Gasteiger partial charge in [-0.3, -0.25) is 14.4 Å². The lowest BCUT2D eigenvalue weighted by atomic mass is 10.2. The molecule has 1 saturated heterocycles. The Morgan fingerprint density at radius 2 is 1.76 bits per heavy atom. The molecule has 0 bridgehead atoms. The summed E-state index contributed by atoms with van der Waals surface area (Å²) in [6.07, 6.45) is -1.83. The summed E-state index contributed by atoms with van der Waals surface area (Å²) in [6.45, 7) is 4.96. The molecule has 9 nitrogen and oxygen atoms in total. The molecule has 0 radical (unpaired) electrons. The van der Waals surface area contributed by atoms with Gasteiger partial charge in [0.1, 0.15) is 12.2 Å². The van der Waals surface area contributed by atoms with Crippen LogP contribution in [0.25, 0.3) is 0 Å². The number of ether oxygens (including phenoxy) is 2. The Morgan fingerprint density at radius 3 is 2.29 bits per heavy atom. The van der Waals surface area contributed by atoms with E-state index in [1.54, 1.807) is 20.8 Å². The summed E-state index contributed by atoms with van der Waals surface area (Å²) in [4.78, 5) is 49.3. The van der Waals surface area contributed by atoms with Crippen molar-refractivity contribution in [3.8, 4) is 0 Å². The normalized spacial score (nSPS) is 14.9. The zero-order valence-electron chi connectivity index (χ0n) is 12.1. The van der Waals surface area contributed by atoms with Crippen LogP contribution in [0.4, 0.5) is 9.59 Å². The van der Waals surface area contributed by atoms with Gasteiger partial charge in [0.15, 0.2) is 0 Å². The second-order valence-electron chi connectivity index (χ2n) is 5.20. The molecular formula is C12H18N2O7. The smallest absolute Gasteiger partial charge is 0.444 e.